The number of hydrogen-bond acceptors (Lipinski definition) is 3. The maximum atomic E-state index is 11.0. The minimum Gasteiger partial charge on any atom is -0.466 e. The number of ether oxygens (including phenoxy) is 1. The molecule has 0 aromatic heterocycles. The summed E-state index contributed by atoms with van der Waals surface area (Å²) in [5.74, 6) is 1.68. The Labute approximate surface area is 91.5 Å². The lowest BCUT2D eigenvalue weighted by Crippen LogP contribution is -2.04. The second kappa shape index (κ2) is 9.47. The van der Waals surface area contributed by atoms with E-state index in [4.69, 9.17) is 4.74 Å². The molecule has 0 heterocycles. The molecule has 86 valence electrons. The molecule has 0 saturated heterocycles. The zero-order valence-corrected chi connectivity index (χ0v) is 9.67. The third-order valence-corrected chi connectivity index (χ3v) is 2.16. The van der Waals surface area contributed by atoms with E-state index in [1.165, 1.54) is 0 Å². The zero-order valence-electron chi connectivity index (χ0n) is 9.67. The van der Waals surface area contributed by atoms with Crippen molar-refractivity contribution in [3.8, 4) is 0 Å². The molecule has 0 N–H and O–H groups in total. The predicted molar refractivity (Wildman–Crippen MR) is 59.2 cm³/mol. The van der Waals surface area contributed by atoms with E-state index in [2.05, 4.69) is 6.92 Å². The van der Waals surface area contributed by atoms with Gasteiger partial charge in [0.05, 0.1) is 6.61 Å². The van der Waals surface area contributed by atoms with Crippen molar-refractivity contribution in [3.63, 3.8) is 0 Å². The van der Waals surface area contributed by atoms with Gasteiger partial charge in [-0.3, -0.25) is 4.79 Å². The van der Waals surface area contributed by atoms with Gasteiger partial charge in [-0.1, -0.05) is 19.8 Å². The quantitative estimate of drug-likeness (QED) is 0.353. The van der Waals surface area contributed by atoms with Gasteiger partial charge in [0.2, 0.25) is 0 Å². The van der Waals surface area contributed by atoms with Gasteiger partial charge >= 0.3 is 5.97 Å². The van der Waals surface area contributed by atoms with Gasteiger partial charge in [0.15, 0.2) is 0 Å². The molecule has 0 aliphatic heterocycles. The van der Waals surface area contributed by atoms with Crippen LogP contribution in [0, 0.1) is 0 Å². The topological polar surface area (TPSA) is 43.4 Å². The Balaban J connectivity index is 3.71. The summed E-state index contributed by atoms with van der Waals surface area (Å²) in [6.45, 7) is 4.29. The van der Waals surface area contributed by atoms with E-state index in [1.807, 2.05) is 5.94 Å². The van der Waals surface area contributed by atoms with Crippen LogP contribution in [-0.4, -0.2) is 18.5 Å². The number of carbonyl (C=O) groups excluding carboxylic acids is 2. The van der Waals surface area contributed by atoms with Gasteiger partial charge in [-0.2, -0.15) is 0 Å². The molecule has 0 radical (unpaired) electrons. The number of esters is 1. The van der Waals surface area contributed by atoms with Crippen molar-refractivity contribution in [3.05, 3.63) is 5.57 Å². The summed E-state index contributed by atoms with van der Waals surface area (Å²) in [6.07, 6.45) is 4.80. The maximum Gasteiger partial charge on any atom is 0.306 e. The molecule has 0 amide bonds. The van der Waals surface area contributed by atoms with Gasteiger partial charge in [0.25, 0.3) is 0 Å². The molecular formula is C12H20O3. The molecule has 0 fully saturated rings. The van der Waals surface area contributed by atoms with Crippen LogP contribution < -0.4 is 0 Å². The lowest BCUT2D eigenvalue weighted by molar-refractivity contribution is -0.143. The number of rotatable bonds is 8. The van der Waals surface area contributed by atoms with E-state index >= 15 is 0 Å². The molecule has 0 spiro atoms. The van der Waals surface area contributed by atoms with Crippen molar-refractivity contribution in [2.75, 3.05) is 6.61 Å². The van der Waals surface area contributed by atoms with Crippen molar-refractivity contribution in [1.29, 1.82) is 0 Å². The van der Waals surface area contributed by atoms with Gasteiger partial charge < -0.3 is 4.74 Å². The van der Waals surface area contributed by atoms with Crippen molar-refractivity contribution in [2.24, 2.45) is 0 Å². The fraction of sp³-hybridized carbons (Fsp3) is 0.750. The van der Waals surface area contributed by atoms with E-state index in [1.54, 1.807) is 6.92 Å². The number of hydrogen-bond donors (Lipinski definition) is 0. The highest BCUT2D eigenvalue weighted by Crippen LogP contribution is 2.12. The standard InChI is InChI=1S/C12H20O3/c1-3-5-6-7-11(10-13)8-9-12(14)15-4-2/h3-9H2,1-2H3. The monoisotopic (exact) mass is 212 g/mol. The first kappa shape index (κ1) is 13.9. The molecule has 3 nitrogen and oxygen atoms in total. The van der Waals surface area contributed by atoms with E-state index in [0.29, 0.717) is 25.0 Å². The number of allylic oxidation sites excluding steroid dienone is 1. The van der Waals surface area contributed by atoms with Crippen LogP contribution in [0.15, 0.2) is 5.57 Å². The number of carbonyl (C=O) groups is 1. The fourth-order valence-electron chi connectivity index (χ4n) is 1.30. The third kappa shape index (κ3) is 7.95. The second-order valence-corrected chi connectivity index (χ2v) is 3.47. The normalized spacial score (nSPS) is 9.47. The van der Waals surface area contributed by atoms with Gasteiger partial charge in [-0.25, -0.2) is 4.79 Å². The van der Waals surface area contributed by atoms with Crippen LogP contribution >= 0.6 is 0 Å². The zero-order chi connectivity index (χ0) is 11.5. The molecule has 0 aliphatic rings. The summed E-state index contributed by atoms with van der Waals surface area (Å²) in [5, 5.41) is 0. The average Bonchev–Trinajstić information content (AvgIpc) is 2.23. The molecule has 0 aliphatic carbocycles. The van der Waals surface area contributed by atoms with E-state index < -0.39 is 0 Å². The van der Waals surface area contributed by atoms with Gasteiger partial charge in [-0.05, 0) is 26.2 Å². The summed E-state index contributed by atoms with van der Waals surface area (Å²) in [5.41, 5.74) is 0.705. The first-order chi connectivity index (χ1) is 7.24. The first-order valence-electron chi connectivity index (χ1n) is 5.63. The average molecular weight is 212 g/mol. The summed E-state index contributed by atoms with van der Waals surface area (Å²) in [7, 11) is 0. The molecule has 0 bridgehead atoms. The van der Waals surface area contributed by atoms with E-state index in [9.17, 15) is 9.59 Å². The molecular weight excluding hydrogens is 192 g/mol. The lowest BCUT2D eigenvalue weighted by atomic mass is 10.0. The first-order valence-corrected chi connectivity index (χ1v) is 5.63. The lowest BCUT2D eigenvalue weighted by Gasteiger charge is -2.03. The van der Waals surface area contributed by atoms with Crippen molar-refractivity contribution in [2.45, 2.75) is 52.4 Å². The summed E-state index contributed by atoms with van der Waals surface area (Å²) in [4.78, 5) is 21.6. The Hall–Kier alpha value is -1.08. The summed E-state index contributed by atoms with van der Waals surface area (Å²) in [6, 6.07) is 0. The largest absolute Gasteiger partial charge is 0.466 e. The summed E-state index contributed by atoms with van der Waals surface area (Å²) < 4.78 is 4.78. The molecule has 0 saturated carbocycles. The maximum absolute atomic E-state index is 11.0. The van der Waals surface area contributed by atoms with E-state index in [-0.39, 0.29) is 5.97 Å². The van der Waals surface area contributed by atoms with E-state index in [0.717, 1.165) is 25.7 Å². The number of unbranched alkanes of at least 4 members (excludes halogenated alkanes) is 2. The second-order valence-electron chi connectivity index (χ2n) is 3.47. The van der Waals surface area contributed by atoms with Gasteiger partial charge in [0, 0.05) is 12.0 Å². The third-order valence-electron chi connectivity index (χ3n) is 2.16. The van der Waals surface area contributed by atoms with Crippen LogP contribution in [0.3, 0.4) is 0 Å². The highest BCUT2D eigenvalue weighted by atomic mass is 16.5. The Kier molecular flexibility index (Phi) is 8.79. The van der Waals surface area contributed by atoms with Crippen LogP contribution in [0.2, 0.25) is 0 Å². The van der Waals surface area contributed by atoms with Crippen molar-refractivity contribution < 1.29 is 14.3 Å². The smallest absolute Gasteiger partial charge is 0.306 e. The van der Waals surface area contributed by atoms with Crippen molar-refractivity contribution >= 4 is 11.9 Å². The highest BCUT2D eigenvalue weighted by Gasteiger charge is 2.05. The predicted octanol–water partition coefficient (Wildman–Crippen LogP) is 2.67. The minimum atomic E-state index is -0.235. The molecule has 3 heteroatoms. The Bertz CT molecular complexity index is 227. The van der Waals surface area contributed by atoms with Gasteiger partial charge in [0.1, 0.15) is 5.94 Å². The fourth-order valence-corrected chi connectivity index (χ4v) is 1.30. The van der Waals surface area contributed by atoms with Crippen LogP contribution in [-0.2, 0) is 14.3 Å². The molecule has 15 heavy (non-hydrogen) atoms. The Morgan fingerprint density at radius 3 is 2.40 bits per heavy atom. The van der Waals surface area contributed by atoms with Crippen LogP contribution in [0.1, 0.15) is 52.4 Å². The Morgan fingerprint density at radius 1 is 1.13 bits per heavy atom. The van der Waals surface area contributed by atoms with Crippen LogP contribution in [0.4, 0.5) is 0 Å². The molecule has 0 aromatic rings. The van der Waals surface area contributed by atoms with Gasteiger partial charge in [-0.15, -0.1) is 0 Å². The minimum absolute atomic E-state index is 0.235. The van der Waals surface area contributed by atoms with Crippen molar-refractivity contribution in [1.82, 2.24) is 0 Å². The highest BCUT2D eigenvalue weighted by molar-refractivity contribution is 5.70. The van der Waals surface area contributed by atoms with Crippen LogP contribution in [0.5, 0.6) is 0 Å². The Morgan fingerprint density at radius 2 is 1.87 bits per heavy atom. The molecule has 0 atom stereocenters. The van der Waals surface area contributed by atoms with Crippen LogP contribution in [0.25, 0.3) is 0 Å². The molecule has 0 rings (SSSR count). The SMILES string of the molecule is CCCCCC(=C=O)CCC(=O)OCC. The molecule has 0 aromatic carbocycles. The molecule has 0 unspecified atom stereocenters. The summed E-state index contributed by atoms with van der Waals surface area (Å²) >= 11 is 0.